The van der Waals surface area contributed by atoms with Gasteiger partial charge >= 0.3 is 5.63 Å². The summed E-state index contributed by atoms with van der Waals surface area (Å²) in [5, 5.41) is 12.9. The molecule has 0 bridgehead atoms. The summed E-state index contributed by atoms with van der Waals surface area (Å²) in [6, 6.07) is 5.41. The van der Waals surface area contributed by atoms with E-state index >= 15 is 0 Å². The highest BCUT2D eigenvalue weighted by atomic mass is 35.5. The first-order valence-corrected chi connectivity index (χ1v) is 11.3. The highest BCUT2D eigenvalue weighted by Gasteiger charge is 2.29. The van der Waals surface area contributed by atoms with Gasteiger partial charge in [0.1, 0.15) is 22.4 Å². The second kappa shape index (κ2) is 10.7. The Labute approximate surface area is 205 Å². The van der Waals surface area contributed by atoms with Gasteiger partial charge in [-0.05, 0) is 30.7 Å². The molecule has 3 aromatic rings. The van der Waals surface area contributed by atoms with Crippen molar-refractivity contribution in [2.75, 3.05) is 44.3 Å². The number of fused-ring (bicyclic) bond motifs is 1. The molecule has 2 amide bonds. The zero-order valence-electron chi connectivity index (χ0n) is 18.9. The van der Waals surface area contributed by atoms with E-state index in [0.717, 1.165) is 0 Å². The van der Waals surface area contributed by atoms with Crippen LogP contribution in [-0.2, 0) is 9.59 Å². The van der Waals surface area contributed by atoms with Gasteiger partial charge in [0.25, 0.3) is 5.91 Å². The Kier molecular flexibility index (Phi) is 7.47. The predicted octanol–water partition coefficient (Wildman–Crippen LogP) is 0.750. The van der Waals surface area contributed by atoms with Gasteiger partial charge in [-0.2, -0.15) is 0 Å². The van der Waals surface area contributed by atoms with Crippen LogP contribution < -0.4 is 20.6 Å². The zero-order chi connectivity index (χ0) is 24.9. The van der Waals surface area contributed by atoms with Crippen LogP contribution in [0.15, 0.2) is 45.9 Å². The number of nitrogens with one attached hydrogen (secondary N) is 1. The van der Waals surface area contributed by atoms with Crippen LogP contribution in [0, 0.1) is 6.92 Å². The van der Waals surface area contributed by atoms with E-state index in [1.54, 1.807) is 42.4 Å². The molecule has 1 atom stereocenters. The highest BCUT2D eigenvalue weighted by Crippen LogP contribution is 2.25. The molecule has 12 heteroatoms. The van der Waals surface area contributed by atoms with Crippen molar-refractivity contribution in [1.82, 2.24) is 20.2 Å². The normalized spacial score (nSPS) is 14.6. The fourth-order valence-electron chi connectivity index (χ4n) is 3.77. The summed E-state index contributed by atoms with van der Waals surface area (Å²) < 4.78 is 10.7. The number of piperazine rings is 1. The second-order valence-electron chi connectivity index (χ2n) is 7.94. The largest absolute Gasteiger partial charge is 0.484 e. The molecule has 35 heavy (non-hydrogen) atoms. The molecule has 1 aromatic carbocycles. The minimum absolute atomic E-state index is 0.0140. The molecule has 0 radical (unpaired) electrons. The Morgan fingerprint density at radius 1 is 1.23 bits per heavy atom. The van der Waals surface area contributed by atoms with Crippen molar-refractivity contribution in [2.45, 2.75) is 13.0 Å². The van der Waals surface area contributed by atoms with Gasteiger partial charge in [0.05, 0.1) is 6.61 Å². The molecule has 1 aliphatic heterocycles. The minimum Gasteiger partial charge on any atom is -0.484 e. The Hall–Kier alpha value is -3.70. The van der Waals surface area contributed by atoms with Gasteiger partial charge in [0, 0.05) is 50.0 Å². The van der Waals surface area contributed by atoms with Crippen LogP contribution in [0.4, 0.5) is 5.95 Å². The van der Waals surface area contributed by atoms with E-state index < -0.39 is 30.8 Å². The minimum atomic E-state index is -1.09. The number of rotatable bonds is 7. The standard InChI is InChI=1S/C23H24ClN5O6/c1-14-16-4-3-15(11-18(16)35-22(33)20(14)24)34-13-19(31)27-17(12-30)21(32)28-7-9-29(10-8-28)23-25-5-2-6-26-23/h2-6,11,17,30H,7-10,12-13H2,1H3,(H,27,31)/t17-/m0/s1. The quantitative estimate of drug-likeness (QED) is 0.449. The molecular weight excluding hydrogens is 478 g/mol. The number of aliphatic hydroxyl groups excluding tert-OH is 1. The lowest BCUT2D eigenvalue weighted by Gasteiger charge is -2.36. The zero-order valence-corrected chi connectivity index (χ0v) is 19.7. The van der Waals surface area contributed by atoms with Crippen LogP contribution in [0.1, 0.15) is 5.56 Å². The van der Waals surface area contributed by atoms with Crippen molar-refractivity contribution in [3.8, 4) is 5.75 Å². The van der Waals surface area contributed by atoms with Gasteiger partial charge < -0.3 is 29.4 Å². The van der Waals surface area contributed by atoms with Crippen molar-refractivity contribution < 1.29 is 23.8 Å². The number of aliphatic hydroxyl groups is 1. The van der Waals surface area contributed by atoms with Crippen LogP contribution in [0.5, 0.6) is 5.75 Å². The van der Waals surface area contributed by atoms with Crippen molar-refractivity contribution in [3.05, 3.63) is 57.7 Å². The predicted molar refractivity (Wildman–Crippen MR) is 128 cm³/mol. The van der Waals surface area contributed by atoms with Crippen LogP contribution >= 0.6 is 11.6 Å². The number of amides is 2. The Balaban J connectivity index is 1.31. The van der Waals surface area contributed by atoms with Crippen molar-refractivity contribution in [2.24, 2.45) is 0 Å². The molecule has 4 rings (SSSR count). The van der Waals surface area contributed by atoms with Gasteiger partial charge in [-0.1, -0.05) is 11.6 Å². The number of hydrogen-bond donors (Lipinski definition) is 2. The maximum atomic E-state index is 12.8. The first-order valence-electron chi connectivity index (χ1n) is 10.9. The van der Waals surface area contributed by atoms with Gasteiger partial charge in [0.2, 0.25) is 11.9 Å². The number of ether oxygens (including phenoxy) is 1. The van der Waals surface area contributed by atoms with Crippen LogP contribution in [-0.4, -0.2) is 77.2 Å². The van der Waals surface area contributed by atoms with Crippen molar-refractivity contribution in [3.63, 3.8) is 0 Å². The van der Waals surface area contributed by atoms with Crippen LogP contribution in [0.2, 0.25) is 5.02 Å². The van der Waals surface area contributed by atoms with E-state index in [0.29, 0.717) is 48.8 Å². The molecule has 1 fully saturated rings. The van der Waals surface area contributed by atoms with Gasteiger partial charge in [0.15, 0.2) is 6.61 Å². The first kappa shape index (κ1) is 24.4. The number of halogens is 1. The lowest BCUT2D eigenvalue weighted by molar-refractivity contribution is -0.138. The fourth-order valence-corrected chi connectivity index (χ4v) is 3.92. The monoisotopic (exact) mass is 501 g/mol. The summed E-state index contributed by atoms with van der Waals surface area (Å²) >= 11 is 5.93. The number of anilines is 1. The van der Waals surface area contributed by atoms with E-state index in [1.165, 1.54) is 6.07 Å². The summed E-state index contributed by atoms with van der Waals surface area (Å²) in [6.45, 7) is 2.65. The number of aryl methyl sites for hydroxylation is 1. The second-order valence-corrected chi connectivity index (χ2v) is 8.32. The Bertz CT molecular complexity index is 1280. The molecule has 1 aliphatic rings. The van der Waals surface area contributed by atoms with Gasteiger partial charge in [-0.25, -0.2) is 14.8 Å². The molecule has 0 aliphatic carbocycles. The third-order valence-corrected chi connectivity index (χ3v) is 6.12. The van der Waals surface area contributed by atoms with Crippen molar-refractivity contribution in [1.29, 1.82) is 0 Å². The molecule has 0 spiro atoms. The van der Waals surface area contributed by atoms with E-state index in [4.69, 9.17) is 20.8 Å². The molecule has 3 heterocycles. The molecule has 2 N–H and O–H groups in total. The molecular formula is C23H24ClN5O6. The van der Waals surface area contributed by atoms with Crippen molar-refractivity contribution >= 4 is 40.3 Å². The molecule has 1 saturated heterocycles. The third kappa shape index (κ3) is 5.52. The van der Waals surface area contributed by atoms with Gasteiger partial charge in [-0.3, -0.25) is 9.59 Å². The van der Waals surface area contributed by atoms with E-state index in [1.807, 2.05) is 4.90 Å². The SMILES string of the molecule is Cc1c(Cl)c(=O)oc2cc(OCC(=O)N[C@@H](CO)C(=O)N3CCN(c4ncccn4)CC3)ccc12. The van der Waals surface area contributed by atoms with E-state index in [9.17, 15) is 19.5 Å². The lowest BCUT2D eigenvalue weighted by atomic mass is 10.1. The number of nitrogens with zero attached hydrogens (tertiary/aromatic N) is 4. The summed E-state index contributed by atoms with van der Waals surface area (Å²) in [4.78, 5) is 49.0. The molecule has 0 saturated carbocycles. The Morgan fingerprint density at radius 2 is 1.94 bits per heavy atom. The maximum Gasteiger partial charge on any atom is 0.355 e. The topological polar surface area (TPSA) is 138 Å². The number of hydrogen-bond acceptors (Lipinski definition) is 9. The van der Waals surface area contributed by atoms with Crippen LogP contribution in [0.3, 0.4) is 0 Å². The third-order valence-electron chi connectivity index (χ3n) is 5.68. The van der Waals surface area contributed by atoms with E-state index in [2.05, 4.69) is 15.3 Å². The number of aromatic nitrogens is 2. The summed E-state index contributed by atoms with van der Waals surface area (Å²) in [7, 11) is 0. The number of carbonyl (C=O) groups is 2. The number of carbonyl (C=O) groups excluding carboxylic acids is 2. The lowest BCUT2D eigenvalue weighted by Crippen LogP contribution is -2.56. The fraction of sp³-hybridized carbons (Fsp3) is 0.348. The molecule has 184 valence electrons. The highest BCUT2D eigenvalue weighted by molar-refractivity contribution is 6.31. The molecule has 0 unspecified atom stereocenters. The van der Waals surface area contributed by atoms with Gasteiger partial charge in [-0.15, -0.1) is 0 Å². The summed E-state index contributed by atoms with van der Waals surface area (Å²) in [6.07, 6.45) is 3.31. The summed E-state index contributed by atoms with van der Waals surface area (Å²) in [5.41, 5.74) is 0.204. The average molecular weight is 502 g/mol. The van der Waals surface area contributed by atoms with Crippen LogP contribution in [0.25, 0.3) is 11.0 Å². The smallest absolute Gasteiger partial charge is 0.355 e. The average Bonchev–Trinajstić information content (AvgIpc) is 2.89. The maximum absolute atomic E-state index is 12.8. The number of benzene rings is 1. The van der Waals surface area contributed by atoms with E-state index in [-0.39, 0.29) is 16.5 Å². The summed E-state index contributed by atoms with van der Waals surface area (Å²) in [5.74, 6) is -0.0736. The molecule has 2 aromatic heterocycles. The molecule has 11 nitrogen and oxygen atoms in total. The Morgan fingerprint density at radius 3 is 2.63 bits per heavy atom. The first-order chi connectivity index (χ1) is 16.9.